The molecular weight excluding hydrogens is 194 g/mol. The van der Waals surface area contributed by atoms with Crippen LogP contribution in [0.5, 0.6) is 0 Å². The van der Waals surface area contributed by atoms with Crippen molar-refractivity contribution in [3.8, 4) is 0 Å². The largest absolute Gasteiger partial charge is 0.469 e. The molecule has 1 aromatic heterocycles. The van der Waals surface area contributed by atoms with E-state index >= 15 is 0 Å². The van der Waals surface area contributed by atoms with Gasteiger partial charge in [-0.15, -0.1) is 0 Å². The lowest BCUT2D eigenvalue weighted by atomic mass is 10.3. The maximum atomic E-state index is 10.8. The van der Waals surface area contributed by atoms with Crippen LogP contribution in [0, 0.1) is 0 Å². The minimum Gasteiger partial charge on any atom is -0.469 e. The van der Waals surface area contributed by atoms with E-state index in [1.165, 1.54) is 7.11 Å². The Morgan fingerprint density at radius 2 is 2.47 bits per heavy atom. The SMILES string of the molecule is COC(=O)CCCNCc1cncn1C. The maximum absolute atomic E-state index is 10.8. The zero-order valence-corrected chi connectivity index (χ0v) is 9.19. The average Bonchev–Trinajstić information content (AvgIpc) is 2.63. The van der Waals surface area contributed by atoms with Gasteiger partial charge in [0.1, 0.15) is 0 Å². The van der Waals surface area contributed by atoms with E-state index in [2.05, 4.69) is 15.0 Å². The third kappa shape index (κ3) is 4.12. The minimum absolute atomic E-state index is 0.155. The summed E-state index contributed by atoms with van der Waals surface area (Å²) in [4.78, 5) is 14.8. The normalized spacial score (nSPS) is 10.3. The molecule has 5 heteroatoms. The lowest BCUT2D eigenvalue weighted by Crippen LogP contribution is -2.17. The van der Waals surface area contributed by atoms with Crippen molar-refractivity contribution in [2.24, 2.45) is 7.05 Å². The van der Waals surface area contributed by atoms with Crippen molar-refractivity contribution in [2.45, 2.75) is 19.4 Å². The first-order valence-corrected chi connectivity index (χ1v) is 4.96. The van der Waals surface area contributed by atoms with Crippen LogP contribution < -0.4 is 5.32 Å². The van der Waals surface area contributed by atoms with Crippen molar-refractivity contribution in [1.29, 1.82) is 0 Å². The number of esters is 1. The molecule has 0 radical (unpaired) electrons. The molecule has 0 bridgehead atoms. The van der Waals surface area contributed by atoms with Crippen LogP contribution in [0.25, 0.3) is 0 Å². The molecule has 0 aliphatic rings. The molecule has 0 fully saturated rings. The lowest BCUT2D eigenvalue weighted by molar-refractivity contribution is -0.140. The number of aromatic nitrogens is 2. The highest BCUT2D eigenvalue weighted by Crippen LogP contribution is 1.95. The average molecular weight is 211 g/mol. The van der Waals surface area contributed by atoms with Gasteiger partial charge in [-0.05, 0) is 13.0 Å². The molecule has 1 rings (SSSR count). The number of ether oxygens (including phenoxy) is 1. The second-order valence-electron chi connectivity index (χ2n) is 3.35. The summed E-state index contributed by atoms with van der Waals surface area (Å²) in [6.07, 6.45) is 4.86. The zero-order valence-electron chi connectivity index (χ0n) is 9.19. The van der Waals surface area contributed by atoms with E-state index in [0.29, 0.717) is 6.42 Å². The van der Waals surface area contributed by atoms with Crippen LogP contribution in [0.1, 0.15) is 18.5 Å². The number of rotatable bonds is 6. The molecule has 0 aromatic carbocycles. The van der Waals surface area contributed by atoms with Crippen molar-refractivity contribution < 1.29 is 9.53 Å². The van der Waals surface area contributed by atoms with Gasteiger partial charge in [-0.25, -0.2) is 4.98 Å². The Kier molecular flexibility index (Phi) is 4.83. The summed E-state index contributed by atoms with van der Waals surface area (Å²) < 4.78 is 6.51. The van der Waals surface area contributed by atoms with Gasteiger partial charge in [-0.1, -0.05) is 0 Å². The maximum Gasteiger partial charge on any atom is 0.305 e. The highest BCUT2D eigenvalue weighted by Gasteiger charge is 2.00. The van der Waals surface area contributed by atoms with Gasteiger partial charge < -0.3 is 14.6 Å². The third-order valence-corrected chi connectivity index (χ3v) is 2.18. The second-order valence-corrected chi connectivity index (χ2v) is 3.35. The number of carbonyl (C=O) groups excluding carboxylic acids is 1. The molecule has 5 nitrogen and oxygen atoms in total. The summed E-state index contributed by atoms with van der Waals surface area (Å²) in [5, 5.41) is 3.24. The Labute approximate surface area is 89.4 Å². The van der Waals surface area contributed by atoms with E-state index in [0.717, 1.165) is 25.2 Å². The number of imidazole rings is 1. The number of carbonyl (C=O) groups is 1. The van der Waals surface area contributed by atoms with Crippen LogP contribution >= 0.6 is 0 Å². The second kappa shape index (κ2) is 6.19. The molecule has 15 heavy (non-hydrogen) atoms. The van der Waals surface area contributed by atoms with Gasteiger partial charge in [0.25, 0.3) is 0 Å². The third-order valence-electron chi connectivity index (χ3n) is 2.18. The van der Waals surface area contributed by atoms with Crippen LogP contribution in [0.3, 0.4) is 0 Å². The first-order valence-electron chi connectivity index (χ1n) is 4.96. The molecule has 0 aliphatic heterocycles. The smallest absolute Gasteiger partial charge is 0.305 e. The first kappa shape index (κ1) is 11.7. The van der Waals surface area contributed by atoms with Crippen LogP contribution in [-0.2, 0) is 23.1 Å². The number of nitrogens with zero attached hydrogens (tertiary/aromatic N) is 2. The highest BCUT2D eigenvalue weighted by molar-refractivity contribution is 5.69. The Bertz CT molecular complexity index is 309. The zero-order chi connectivity index (χ0) is 11.1. The number of nitrogens with one attached hydrogen (secondary N) is 1. The van der Waals surface area contributed by atoms with Gasteiger partial charge in [0, 0.05) is 26.2 Å². The topological polar surface area (TPSA) is 56.1 Å². The molecule has 0 atom stereocenters. The van der Waals surface area contributed by atoms with Crippen LogP contribution in [0.15, 0.2) is 12.5 Å². The summed E-state index contributed by atoms with van der Waals surface area (Å²) in [6.45, 7) is 1.58. The van der Waals surface area contributed by atoms with Gasteiger partial charge in [0.05, 0.1) is 19.1 Å². The summed E-state index contributed by atoms with van der Waals surface area (Å²) >= 11 is 0. The molecule has 0 spiro atoms. The molecule has 1 N–H and O–H groups in total. The van der Waals surface area contributed by atoms with Gasteiger partial charge in [-0.3, -0.25) is 4.79 Å². The van der Waals surface area contributed by atoms with Gasteiger partial charge in [0.2, 0.25) is 0 Å². The number of hydrogen-bond acceptors (Lipinski definition) is 4. The van der Waals surface area contributed by atoms with Crippen molar-refractivity contribution >= 4 is 5.97 Å². The van der Waals surface area contributed by atoms with Crippen molar-refractivity contribution in [3.05, 3.63) is 18.2 Å². The molecule has 0 saturated carbocycles. The van der Waals surface area contributed by atoms with E-state index in [1.807, 2.05) is 17.8 Å². The fraction of sp³-hybridized carbons (Fsp3) is 0.600. The quantitative estimate of drug-likeness (QED) is 0.548. The van der Waals surface area contributed by atoms with Crippen molar-refractivity contribution in [3.63, 3.8) is 0 Å². The fourth-order valence-electron chi connectivity index (χ4n) is 1.23. The van der Waals surface area contributed by atoms with Crippen LogP contribution in [0.4, 0.5) is 0 Å². The highest BCUT2D eigenvalue weighted by atomic mass is 16.5. The van der Waals surface area contributed by atoms with E-state index in [4.69, 9.17) is 0 Å². The minimum atomic E-state index is -0.155. The van der Waals surface area contributed by atoms with E-state index in [9.17, 15) is 4.79 Å². The van der Waals surface area contributed by atoms with Crippen molar-refractivity contribution in [1.82, 2.24) is 14.9 Å². The van der Waals surface area contributed by atoms with Crippen LogP contribution in [-0.4, -0.2) is 29.2 Å². The predicted octanol–water partition coefficient (Wildman–Crippen LogP) is 0.463. The van der Waals surface area contributed by atoms with Gasteiger partial charge in [0.15, 0.2) is 0 Å². The molecule has 0 amide bonds. The summed E-state index contributed by atoms with van der Waals surface area (Å²) in [7, 11) is 3.36. The van der Waals surface area contributed by atoms with E-state index in [-0.39, 0.29) is 5.97 Å². The van der Waals surface area contributed by atoms with Crippen LogP contribution in [0.2, 0.25) is 0 Å². The summed E-state index contributed by atoms with van der Waals surface area (Å²) in [6, 6.07) is 0. The summed E-state index contributed by atoms with van der Waals surface area (Å²) in [5.41, 5.74) is 1.13. The number of methoxy groups -OCH3 is 1. The van der Waals surface area contributed by atoms with E-state index < -0.39 is 0 Å². The monoisotopic (exact) mass is 211 g/mol. The molecule has 1 heterocycles. The van der Waals surface area contributed by atoms with Gasteiger partial charge >= 0.3 is 5.97 Å². The van der Waals surface area contributed by atoms with Crippen molar-refractivity contribution in [2.75, 3.05) is 13.7 Å². The van der Waals surface area contributed by atoms with Gasteiger partial charge in [-0.2, -0.15) is 0 Å². The van der Waals surface area contributed by atoms with E-state index in [1.54, 1.807) is 6.33 Å². The Hall–Kier alpha value is -1.36. The molecular formula is C10H17N3O2. The predicted molar refractivity (Wildman–Crippen MR) is 56.2 cm³/mol. The molecule has 0 unspecified atom stereocenters. The Morgan fingerprint density at radius 1 is 1.67 bits per heavy atom. The molecule has 84 valence electrons. The molecule has 1 aromatic rings. The number of aryl methyl sites for hydroxylation is 1. The standard InChI is InChI=1S/C10H17N3O2/c1-13-8-12-7-9(13)6-11-5-3-4-10(14)15-2/h7-8,11H,3-6H2,1-2H3. The number of hydrogen-bond donors (Lipinski definition) is 1. The molecule has 0 saturated heterocycles. The first-order chi connectivity index (χ1) is 7.24. The lowest BCUT2D eigenvalue weighted by Gasteiger charge is -2.04. The Morgan fingerprint density at radius 3 is 3.07 bits per heavy atom. The fourth-order valence-corrected chi connectivity index (χ4v) is 1.23. The Balaban J connectivity index is 2.07. The summed E-state index contributed by atoms with van der Waals surface area (Å²) in [5.74, 6) is -0.155. The molecule has 0 aliphatic carbocycles.